The summed E-state index contributed by atoms with van der Waals surface area (Å²) in [5.74, 6) is -3.21. The minimum atomic E-state index is -1.24. The number of aromatic nitrogens is 1. The van der Waals surface area contributed by atoms with Crippen LogP contribution < -0.4 is 10.4 Å². The summed E-state index contributed by atoms with van der Waals surface area (Å²) in [7, 11) is 0. The van der Waals surface area contributed by atoms with Crippen molar-refractivity contribution in [2.75, 3.05) is 0 Å². The Hall–Kier alpha value is -2.21. The van der Waals surface area contributed by atoms with Gasteiger partial charge in [0.25, 0.3) is 0 Å². The molecule has 0 aliphatic carbocycles. The third kappa shape index (κ3) is 2.18. The number of amides is 1. The van der Waals surface area contributed by atoms with Gasteiger partial charge >= 0.3 is 0 Å². The van der Waals surface area contributed by atoms with Crippen molar-refractivity contribution in [2.24, 2.45) is 11.8 Å². The molecule has 6 heteroatoms. The fraction of sp³-hybridized carbons (Fsp3) is 0.357. The topological polar surface area (TPSA) is 91.3 Å². The zero-order valence-electron chi connectivity index (χ0n) is 10.6. The lowest BCUT2D eigenvalue weighted by atomic mass is 9.82. The van der Waals surface area contributed by atoms with Crippen LogP contribution in [0.4, 0.5) is 0 Å². The Balaban J connectivity index is 1.68. The van der Waals surface area contributed by atoms with Gasteiger partial charge in [-0.05, 0) is 17.7 Å². The maximum atomic E-state index is 12.2. The van der Waals surface area contributed by atoms with Gasteiger partial charge in [0.1, 0.15) is 0 Å². The van der Waals surface area contributed by atoms with Gasteiger partial charge in [0.15, 0.2) is 0 Å². The van der Waals surface area contributed by atoms with E-state index < -0.39 is 30.0 Å². The van der Waals surface area contributed by atoms with Crippen LogP contribution >= 0.6 is 0 Å². The number of fused-ring (bicyclic) bond motifs is 2. The predicted octanol–water partition coefficient (Wildman–Crippen LogP) is -0.983. The molecule has 1 fully saturated rings. The number of pyridine rings is 1. The molecule has 20 heavy (non-hydrogen) atoms. The fourth-order valence-electron chi connectivity index (χ4n) is 2.71. The van der Waals surface area contributed by atoms with Crippen LogP contribution in [0.25, 0.3) is 0 Å². The molecule has 0 aromatic carbocycles. The number of rotatable bonds is 4. The number of carboxylic acid groups (broad SMARTS) is 1. The molecule has 104 valence electrons. The number of aliphatic carboxylic acids is 1. The SMILES string of the molecule is O=C([O-])[C@@H]1[C@H](C(=O)NCc2ccncc2)[C@H]2C=C[C@@H]1O2. The van der Waals surface area contributed by atoms with Gasteiger partial charge in [-0.3, -0.25) is 9.78 Å². The monoisotopic (exact) mass is 273 g/mol. The summed E-state index contributed by atoms with van der Waals surface area (Å²) in [6.45, 7) is 0.332. The van der Waals surface area contributed by atoms with Crippen LogP contribution in [-0.2, 0) is 20.9 Å². The zero-order chi connectivity index (χ0) is 14.1. The summed E-state index contributed by atoms with van der Waals surface area (Å²) in [6.07, 6.45) is 5.66. The molecular weight excluding hydrogens is 260 g/mol. The van der Waals surface area contributed by atoms with Gasteiger partial charge in [0.2, 0.25) is 5.91 Å². The highest BCUT2D eigenvalue weighted by atomic mass is 16.5. The van der Waals surface area contributed by atoms with Crippen LogP contribution in [0, 0.1) is 11.8 Å². The first-order chi connectivity index (χ1) is 9.66. The van der Waals surface area contributed by atoms with Crippen molar-refractivity contribution < 1.29 is 19.4 Å². The first kappa shape index (κ1) is 12.8. The molecule has 1 N–H and O–H groups in total. The average Bonchev–Trinajstić information content (AvgIpc) is 3.06. The highest BCUT2D eigenvalue weighted by molar-refractivity contribution is 5.86. The van der Waals surface area contributed by atoms with Crippen molar-refractivity contribution in [1.82, 2.24) is 10.3 Å². The Labute approximate surface area is 115 Å². The normalized spacial score (nSPS) is 30.4. The molecule has 3 rings (SSSR count). The van der Waals surface area contributed by atoms with E-state index in [0.717, 1.165) is 5.56 Å². The molecule has 1 aromatic heterocycles. The summed E-state index contributed by atoms with van der Waals surface area (Å²) in [5.41, 5.74) is 0.901. The van der Waals surface area contributed by atoms with E-state index in [0.29, 0.717) is 6.54 Å². The van der Waals surface area contributed by atoms with Gasteiger partial charge in [-0.25, -0.2) is 0 Å². The molecule has 2 aliphatic rings. The summed E-state index contributed by atoms with van der Waals surface area (Å²) in [5, 5.41) is 13.9. The first-order valence-electron chi connectivity index (χ1n) is 6.38. The van der Waals surface area contributed by atoms with Crippen molar-refractivity contribution in [3.63, 3.8) is 0 Å². The van der Waals surface area contributed by atoms with Gasteiger partial charge in [-0.15, -0.1) is 0 Å². The Morgan fingerprint density at radius 2 is 1.85 bits per heavy atom. The number of nitrogens with one attached hydrogen (secondary N) is 1. The fourth-order valence-corrected chi connectivity index (χ4v) is 2.71. The van der Waals surface area contributed by atoms with Gasteiger partial charge in [0, 0.05) is 30.8 Å². The van der Waals surface area contributed by atoms with Crippen molar-refractivity contribution in [3.8, 4) is 0 Å². The maximum Gasteiger partial charge on any atom is 0.227 e. The minimum absolute atomic E-state index is 0.326. The molecule has 1 aromatic rings. The molecule has 0 radical (unpaired) electrons. The molecule has 3 heterocycles. The molecule has 0 spiro atoms. The van der Waals surface area contributed by atoms with E-state index >= 15 is 0 Å². The highest BCUT2D eigenvalue weighted by Gasteiger charge is 2.50. The van der Waals surface area contributed by atoms with Crippen LogP contribution in [0.2, 0.25) is 0 Å². The van der Waals surface area contributed by atoms with Gasteiger partial charge in [-0.2, -0.15) is 0 Å². The standard InChI is InChI=1S/C14H14N2O4/c17-13(16-7-8-3-5-15-6-4-8)11-9-1-2-10(20-9)12(11)14(18)19/h1-6,9-12H,7H2,(H,16,17)(H,18,19)/p-1/t9-,10+,11-,12+/m1/s1. The second-order valence-electron chi connectivity index (χ2n) is 4.89. The van der Waals surface area contributed by atoms with Crippen LogP contribution in [0.1, 0.15) is 5.56 Å². The first-order valence-corrected chi connectivity index (χ1v) is 6.38. The minimum Gasteiger partial charge on any atom is -0.550 e. The van der Waals surface area contributed by atoms with Gasteiger partial charge < -0.3 is 20.0 Å². The van der Waals surface area contributed by atoms with Crippen LogP contribution in [-0.4, -0.2) is 29.1 Å². The van der Waals surface area contributed by atoms with Crippen LogP contribution in [0.5, 0.6) is 0 Å². The largest absolute Gasteiger partial charge is 0.550 e. The Kier molecular flexibility index (Phi) is 3.23. The molecule has 2 aliphatic heterocycles. The smallest absolute Gasteiger partial charge is 0.227 e. The Bertz CT molecular complexity index is 558. The maximum absolute atomic E-state index is 12.2. The molecule has 6 nitrogen and oxygen atoms in total. The van der Waals surface area contributed by atoms with E-state index in [1.165, 1.54) is 0 Å². The molecule has 0 saturated carbocycles. The van der Waals surface area contributed by atoms with Crippen molar-refractivity contribution in [3.05, 3.63) is 42.2 Å². The Morgan fingerprint density at radius 1 is 1.20 bits per heavy atom. The lowest BCUT2D eigenvalue weighted by molar-refractivity contribution is -0.313. The van der Waals surface area contributed by atoms with Crippen LogP contribution in [0.3, 0.4) is 0 Å². The molecule has 2 bridgehead atoms. The predicted molar refractivity (Wildman–Crippen MR) is 65.9 cm³/mol. The summed E-state index contributed by atoms with van der Waals surface area (Å²) < 4.78 is 5.43. The van der Waals surface area contributed by atoms with E-state index in [4.69, 9.17) is 4.74 Å². The summed E-state index contributed by atoms with van der Waals surface area (Å²) >= 11 is 0. The molecule has 1 amide bonds. The highest BCUT2D eigenvalue weighted by Crippen LogP contribution is 2.38. The van der Waals surface area contributed by atoms with E-state index in [1.54, 1.807) is 36.7 Å². The quantitative estimate of drug-likeness (QED) is 0.712. The molecule has 1 saturated heterocycles. The lowest BCUT2D eigenvalue weighted by Crippen LogP contribution is -2.46. The third-order valence-electron chi connectivity index (χ3n) is 3.69. The van der Waals surface area contributed by atoms with E-state index in [2.05, 4.69) is 10.3 Å². The molecule has 0 unspecified atom stereocenters. The second-order valence-corrected chi connectivity index (χ2v) is 4.89. The van der Waals surface area contributed by atoms with Crippen molar-refractivity contribution in [2.45, 2.75) is 18.8 Å². The number of carbonyl (C=O) groups excluding carboxylic acids is 2. The van der Waals surface area contributed by atoms with Gasteiger partial charge in [-0.1, -0.05) is 12.2 Å². The third-order valence-corrected chi connectivity index (χ3v) is 3.69. The number of hydrogen-bond acceptors (Lipinski definition) is 5. The van der Waals surface area contributed by atoms with E-state index in [-0.39, 0.29) is 5.91 Å². The molecular formula is C14H13N2O4-. The average molecular weight is 273 g/mol. The summed E-state index contributed by atoms with van der Waals surface area (Å²) in [4.78, 5) is 27.2. The van der Waals surface area contributed by atoms with Gasteiger partial charge in [0.05, 0.1) is 18.1 Å². The van der Waals surface area contributed by atoms with Crippen molar-refractivity contribution >= 4 is 11.9 Å². The number of nitrogens with zero attached hydrogens (tertiary/aromatic N) is 1. The summed E-state index contributed by atoms with van der Waals surface area (Å²) in [6, 6.07) is 3.57. The lowest BCUT2D eigenvalue weighted by Gasteiger charge is -2.24. The number of ether oxygens (including phenoxy) is 1. The number of hydrogen-bond donors (Lipinski definition) is 1. The van der Waals surface area contributed by atoms with E-state index in [9.17, 15) is 14.7 Å². The number of carboxylic acids is 1. The number of carbonyl (C=O) groups is 2. The second kappa shape index (κ2) is 5.05. The zero-order valence-corrected chi connectivity index (χ0v) is 10.6. The Morgan fingerprint density at radius 3 is 2.50 bits per heavy atom. The van der Waals surface area contributed by atoms with E-state index in [1.807, 2.05) is 0 Å². The molecule has 4 atom stereocenters. The van der Waals surface area contributed by atoms with Crippen LogP contribution in [0.15, 0.2) is 36.7 Å². The van der Waals surface area contributed by atoms with Crippen molar-refractivity contribution in [1.29, 1.82) is 0 Å².